The van der Waals surface area contributed by atoms with Crippen LogP contribution in [-0.4, -0.2) is 9.82 Å². The minimum Gasteiger partial charge on any atom is -0.312 e. The fraction of sp³-hybridized carbons (Fsp3) is 0.0370. The van der Waals surface area contributed by atoms with Crippen LogP contribution in [0, 0.1) is 0 Å². The van der Waals surface area contributed by atoms with Gasteiger partial charge in [0.1, 0.15) is 0 Å². The molecule has 8 aromatic carbocycles. The topological polar surface area (TPSA) is 8.17 Å². The van der Waals surface area contributed by atoms with Crippen molar-refractivity contribution < 1.29 is 0 Å². The molecule has 2 aliphatic rings. The Morgan fingerprint density at radius 2 is 0.912 bits per heavy atom. The van der Waals surface area contributed by atoms with Gasteiger partial charge in [0.15, 0.2) is 0 Å². The molecule has 11 rings (SSSR count). The highest BCUT2D eigenvalue weighted by atomic mass is 32.2. The van der Waals surface area contributed by atoms with Crippen LogP contribution in [0.15, 0.2) is 223 Å². The van der Waals surface area contributed by atoms with Gasteiger partial charge in [-0.3, -0.25) is 0 Å². The fourth-order valence-corrected chi connectivity index (χ4v) is 10.3. The average molecular weight is 747 g/mol. The molecule has 0 fully saturated rings. The summed E-state index contributed by atoms with van der Waals surface area (Å²) in [7, 11) is 0. The van der Waals surface area contributed by atoms with Crippen LogP contribution in [-0.2, 0) is 0 Å². The van der Waals surface area contributed by atoms with Crippen molar-refractivity contribution in [3.8, 4) is 33.4 Å². The number of anilines is 3. The Kier molecular flexibility index (Phi) is 8.26. The van der Waals surface area contributed by atoms with E-state index >= 15 is 0 Å². The van der Waals surface area contributed by atoms with Crippen molar-refractivity contribution in [2.24, 2.45) is 0 Å². The number of fused-ring (bicyclic) bond motifs is 6. The first-order valence-corrected chi connectivity index (χ1v) is 20.5. The molecule has 1 aliphatic heterocycles. The van der Waals surface area contributed by atoms with E-state index in [2.05, 4.69) is 228 Å². The minimum absolute atomic E-state index is 0.339. The number of benzene rings is 8. The van der Waals surface area contributed by atoms with Crippen molar-refractivity contribution in [1.82, 2.24) is 4.57 Å². The van der Waals surface area contributed by atoms with Crippen molar-refractivity contribution in [1.29, 1.82) is 0 Å². The Morgan fingerprint density at radius 1 is 0.421 bits per heavy atom. The van der Waals surface area contributed by atoms with Gasteiger partial charge in [0, 0.05) is 44.3 Å². The molecule has 3 heteroatoms. The van der Waals surface area contributed by atoms with Crippen molar-refractivity contribution in [2.75, 3.05) is 4.90 Å². The summed E-state index contributed by atoms with van der Waals surface area (Å²) in [6.45, 7) is 0. The zero-order valence-electron chi connectivity index (χ0n) is 31.2. The summed E-state index contributed by atoms with van der Waals surface area (Å²) in [5.74, 6) is 0.378. The molecule has 1 aliphatic carbocycles. The van der Waals surface area contributed by atoms with Crippen LogP contribution in [0.2, 0.25) is 0 Å². The second kappa shape index (κ2) is 14.0. The SMILES string of the molecule is C1=CC2c3ccccc3SC2C(n2c3ccccc3c3cc(-c4ccc(N(c5ccc(-c6ccccc6)cc5)c5ccc(-c6ccccc6)cc5)cc4)ccc32)=C1. The molecule has 2 heterocycles. The Labute approximate surface area is 337 Å². The maximum Gasteiger partial charge on any atom is 0.0604 e. The molecule has 0 bridgehead atoms. The number of hydrogen-bond acceptors (Lipinski definition) is 2. The first kappa shape index (κ1) is 33.5. The second-order valence-corrected chi connectivity index (χ2v) is 16.1. The highest BCUT2D eigenvalue weighted by molar-refractivity contribution is 8.00. The van der Waals surface area contributed by atoms with E-state index in [1.807, 2.05) is 11.8 Å². The number of hydrogen-bond donors (Lipinski definition) is 0. The first-order chi connectivity index (χ1) is 28.3. The third-order valence-corrected chi connectivity index (χ3v) is 13.0. The highest BCUT2D eigenvalue weighted by Crippen LogP contribution is 2.52. The van der Waals surface area contributed by atoms with Crippen molar-refractivity contribution >= 4 is 56.3 Å². The van der Waals surface area contributed by atoms with Crippen LogP contribution in [0.1, 0.15) is 11.5 Å². The molecule has 0 N–H and O–H groups in total. The van der Waals surface area contributed by atoms with Gasteiger partial charge in [0.05, 0.1) is 16.3 Å². The zero-order chi connectivity index (χ0) is 37.7. The summed E-state index contributed by atoms with van der Waals surface area (Å²) in [6, 6.07) is 72.8. The zero-order valence-corrected chi connectivity index (χ0v) is 32.1. The summed E-state index contributed by atoms with van der Waals surface area (Å²) in [4.78, 5) is 3.74. The van der Waals surface area contributed by atoms with Gasteiger partial charge in [-0.1, -0.05) is 152 Å². The Balaban J connectivity index is 0.960. The summed E-state index contributed by atoms with van der Waals surface area (Å²) in [6.07, 6.45) is 6.96. The van der Waals surface area contributed by atoms with Crippen LogP contribution in [0.3, 0.4) is 0 Å². The molecular formula is C54H38N2S. The number of rotatable bonds is 7. The smallest absolute Gasteiger partial charge is 0.0604 e. The van der Waals surface area contributed by atoms with Crippen molar-refractivity contribution in [3.63, 3.8) is 0 Å². The summed E-state index contributed by atoms with van der Waals surface area (Å²) in [5.41, 5.74) is 15.9. The molecular weight excluding hydrogens is 709 g/mol. The highest BCUT2D eigenvalue weighted by Gasteiger charge is 2.36. The molecule has 9 aromatic rings. The van der Waals surface area contributed by atoms with E-state index in [-0.39, 0.29) is 0 Å². The van der Waals surface area contributed by atoms with Crippen LogP contribution >= 0.6 is 11.8 Å². The number of thioether (sulfide) groups is 1. The molecule has 2 unspecified atom stereocenters. The summed E-state index contributed by atoms with van der Waals surface area (Å²) < 4.78 is 2.52. The fourth-order valence-electron chi connectivity index (χ4n) is 8.80. The molecule has 0 radical (unpaired) electrons. The first-order valence-electron chi connectivity index (χ1n) is 19.7. The van der Waals surface area contributed by atoms with E-state index < -0.39 is 0 Å². The van der Waals surface area contributed by atoms with E-state index in [0.29, 0.717) is 11.2 Å². The third kappa shape index (κ3) is 5.91. The number of allylic oxidation sites excluding steroid dienone is 3. The van der Waals surface area contributed by atoms with Gasteiger partial charge in [-0.15, -0.1) is 11.8 Å². The lowest BCUT2D eigenvalue weighted by molar-refractivity contribution is 0.863. The van der Waals surface area contributed by atoms with Gasteiger partial charge >= 0.3 is 0 Å². The second-order valence-electron chi connectivity index (χ2n) is 14.9. The summed E-state index contributed by atoms with van der Waals surface area (Å²) >= 11 is 2.00. The standard InChI is InChI=1S/C54H38N2S/c1-3-12-37(13-4-1)39-22-29-43(30-23-39)55(44-31-24-40(25-32-44)38-14-5-2-6-15-38)45-33-26-41(27-34-45)42-28-35-51-49(36-42)46-16-7-9-19-50(46)56(51)52-20-11-18-48-47-17-8-10-21-53(47)57-54(48)52/h1-36,48,54H. The predicted molar refractivity (Wildman–Crippen MR) is 243 cm³/mol. The molecule has 270 valence electrons. The van der Waals surface area contributed by atoms with Gasteiger partial charge in [0.2, 0.25) is 0 Å². The largest absolute Gasteiger partial charge is 0.312 e. The van der Waals surface area contributed by atoms with Crippen molar-refractivity contribution in [2.45, 2.75) is 16.1 Å². The number of nitrogens with zero attached hydrogens (tertiary/aromatic N) is 2. The van der Waals surface area contributed by atoms with E-state index in [4.69, 9.17) is 0 Å². The lowest BCUT2D eigenvalue weighted by atomic mass is 9.90. The van der Waals surface area contributed by atoms with Gasteiger partial charge < -0.3 is 9.47 Å². The molecule has 57 heavy (non-hydrogen) atoms. The van der Waals surface area contributed by atoms with Crippen LogP contribution in [0.5, 0.6) is 0 Å². The van der Waals surface area contributed by atoms with E-state index in [0.717, 1.165) is 17.1 Å². The van der Waals surface area contributed by atoms with Gasteiger partial charge in [-0.2, -0.15) is 0 Å². The Morgan fingerprint density at radius 3 is 1.54 bits per heavy atom. The maximum absolute atomic E-state index is 2.52. The minimum atomic E-state index is 0.339. The lowest BCUT2D eigenvalue weighted by Gasteiger charge is -2.26. The van der Waals surface area contributed by atoms with Crippen LogP contribution in [0.4, 0.5) is 17.1 Å². The molecule has 2 nitrogen and oxygen atoms in total. The third-order valence-electron chi connectivity index (χ3n) is 11.6. The number of aromatic nitrogens is 1. The molecule has 0 amide bonds. The van der Waals surface area contributed by atoms with Gasteiger partial charge in [-0.25, -0.2) is 0 Å². The molecule has 2 atom stereocenters. The average Bonchev–Trinajstić information content (AvgIpc) is 3.84. The lowest BCUT2D eigenvalue weighted by Crippen LogP contribution is -2.17. The summed E-state index contributed by atoms with van der Waals surface area (Å²) in [5, 5.41) is 2.89. The maximum atomic E-state index is 2.52. The van der Waals surface area contributed by atoms with Crippen LogP contribution in [0.25, 0.3) is 60.9 Å². The van der Waals surface area contributed by atoms with Crippen molar-refractivity contribution in [3.05, 3.63) is 224 Å². The molecule has 0 spiro atoms. The van der Waals surface area contributed by atoms with Crippen LogP contribution < -0.4 is 4.90 Å². The molecule has 1 aromatic heterocycles. The monoisotopic (exact) mass is 746 g/mol. The van der Waals surface area contributed by atoms with E-state index in [9.17, 15) is 0 Å². The quantitative estimate of drug-likeness (QED) is 0.160. The number of para-hydroxylation sites is 1. The molecule has 0 saturated carbocycles. The van der Waals surface area contributed by atoms with Gasteiger partial charge in [-0.05, 0) is 106 Å². The Bertz CT molecular complexity index is 2880. The van der Waals surface area contributed by atoms with E-state index in [1.54, 1.807) is 0 Å². The van der Waals surface area contributed by atoms with E-state index in [1.165, 1.54) is 71.3 Å². The normalized spacial score (nSPS) is 15.7. The Hall–Kier alpha value is -6.81. The molecule has 0 saturated heterocycles. The predicted octanol–water partition coefficient (Wildman–Crippen LogP) is 14.9. The van der Waals surface area contributed by atoms with Gasteiger partial charge in [0.25, 0.3) is 0 Å².